The number of thiazole rings is 1. The average molecular weight is 570 g/mol. The summed E-state index contributed by atoms with van der Waals surface area (Å²) in [5.74, 6) is -1.10. The van der Waals surface area contributed by atoms with Gasteiger partial charge in [-0.3, -0.25) is 9.59 Å². The molecule has 0 N–H and O–H groups in total. The summed E-state index contributed by atoms with van der Waals surface area (Å²) in [5, 5.41) is 0.688. The molecular weight excluding hydrogens is 536 g/mol. The minimum Gasteiger partial charge on any atom is -0.491 e. The van der Waals surface area contributed by atoms with Gasteiger partial charge in [0.1, 0.15) is 34.2 Å². The number of nitrogens with zero attached hydrogens (tertiary/aromatic N) is 3. The number of alkyl halides is 2. The van der Waals surface area contributed by atoms with Crippen molar-refractivity contribution in [3.8, 4) is 11.5 Å². The fourth-order valence-electron chi connectivity index (χ4n) is 4.88. The molecule has 0 amide bonds. The number of aryl methyl sites for hydroxylation is 1. The van der Waals surface area contributed by atoms with Crippen LogP contribution >= 0.6 is 11.3 Å². The third kappa shape index (κ3) is 6.83. The molecule has 7 nitrogen and oxygen atoms in total. The summed E-state index contributed by atoms with van der Waals surface area (Å²) in [6.07, 6.45) is 2.97. The van der Waals surface area contributed by atoms with Gasteiger partial charge >= 0.3 is 0 Å². The van der Waals surface area contributed by atoms with Gasteiger partial charge in [0.25, 0.3) is 5.92 Å². The minimum atomic E-state index is -2.58. The molecule has 1 aromatic carbocycles. The van der Waals surface area contributed by atoms with E-state index in [1.54, 1.807) is 12.3 Å². The Labute approximate surface area is 236 Å². The average Bonchev–Trinajstić information content (AvgIpc) is 3.21. The smallest absolute Gasteiger partial charge is 0.255 e. The lowest BCUT2D eigenvalue weighted by Gasteiger charge is -2.19. The van der Waals surface area contributed by atoms with E-state index in [0.29, 0.717) is 34.3 Å². The first-order chi connectivity index (χ1) is 19.1. The van der Waals surface area contributed by atoms with Gasteiger partial charge in [-0.15, -0.1) is 11.3 Å². The first-order valence-corrected chi connectivity index (χ1v) is 14.4. The van der Waals surface area contributed by atoms with Crippen molar-refractivity contribution in [2.24, 2.45) is 5.92 Å². The number of aromatic nitrogens is 2. The minimum absolute atomic E-state index is 0.0103. The number of rotatable bonds is 12. The van der Waals surface area contributed by atoms with Crippen LogP contribution in [0.3, 0.4) is 0 Å². The third-order valence-corrected chi connectivity index (χ3v) is 8.53. The van der Waals surface area contributed by atoms with E-state index >= 15 is 0 Å². The van der Waals surface area contributed by atoms with Crippen molar-refractivity contribution in [1.29, 1.82) is 0 Å². The highest BCUT2D eigenvalue weighted by atomic mass is 32.1. The van der Waals surface area contributed by atoms with E-state index in [1.807, 2.05) is 44.2 Å². The molecule has 2 aromatic heterocycles. The summed E-state index contributed by atoms with van der Waals surface area (Å²) in [5.41, 5.74) is 1.74. The van der Waals surface area contributed by atoms with E-state index in [2.05, 4.69) is 14.9 Å². The number of carbonyl (C=O) groups is 2. The van der Waals surface area contributed by atoms with Crippen LogP contribution in [-0.4, -0.2) is 53.3 Å². The summed E-state index contributed by atoms with van der Waals surface area (Å²) >= 11 is 1.32. The Hall–Kier alpha value is -3.40. The van der Waals surface area contributed by atoms with Crippen molar-refractivity contribution in [3.63, 3.8) is 0 Å². The van der Waals surface area contributed by atoms with Crippen LogP contribution in [0.2, 0.25) is 0 Å². The second-order valence-corrected chi connectivity index (χ2v) is 11.9. The summed E-state index contributed by atoms with van der Waals surface area (Å²) < 4.78 is 37.7. The zero-order chi connectivity index (χ0) is 28.4. The maximum absolute atomic E-state index is 13.0. The zero-order valence-electron chi connectivity index (χ0n) is 22.9. The SMILES string of the molecule is CC(=O)Cc1nc(C)c(C(=O)C[C@@H](C)c2ccc(OC3CCN(c4ccc(OC[C@H]5CC5(F)F)cn4)C3)cc2)s1. The Morgan fingerprint density at radius 3 is 2.55 bits per heavy atom. The van der Waals surface area contributed by atoms with E-state index in [1.165, 1.54) is 18.3 Å². The normalized spacial score (nSPS) is 20.3. The molecule has 1 aliphatic heterocycles. The van der Waals surface area contributed by atoms with Crippen molar-refractivity contribution in [1.82, 2.24) is 9.97 Å². The first-order valence-electron chi connectivity index (χ1n) is 13.5. The fraction of sp³-hybridized carbons (Fsp3) is 0.467. The molecule has 3 heterocycles. The predicted octanol–water partition coefficient (Wildman–Crippen LogP) is 6.05. The van der Waals surface area contributed by atoms with Crippen molar-refractivity contribution in [3.05, 3.63) is 63.7 Å². The molecule has 1 unspecified atom stereocenters. The van der Waals surface area contributed by atoms with E-state index < -0.39 is 11.8 Å². The standard InChI is InChI=1S/C30H33F2N3O4S/c1-18(12-26(37)29-20(3)34-28(40-29)13-19(2)36)21-4-6-23(7-5-21)39-25-10-11-35(16-25)27-9-8-24(15-33-27)38-17-22-14-30(22,31)32/h4-9,15,18,22,25H,10-14,16-17H2,1-3H3/t18-,22-,25?/m1/s1. The second kappa shape index (κ2) is 11.6. The van der Waals surface area contributed by atoms with Crippen LogP contribution in [0.25, 0.3) is 0 Å². The molecule has 40 heavy (non-hydrogen) atoms. The third-order valence-electron chi connectivity index (χ3n) is 7.33. The maximum atomic E-state index is 13.0. The molecule has 0 bridgehead atoms. The zero-order valence-corrected chi connectivity index (χ0v) is 23.7. The largest absolute Gasteiger partial charge is 0.491 e. The Morgan fingerprint density at radius 1 is 1.18 bits per heavy atom. The monoisotopic (exact) mass is 569 g/mol. The van der Waals surface area contributed by atoms with Crippen LogP contribution in [0.4, 0.5) is 14.6 Å². The number of Topliss-reactive ketones (excluding diaryl/α,β-unsaturated/α-hetero) is 2. The molecular formula is C30H33F2N3O4S. The lowest BCUT2D eigenvalue weighted by molar-refractivity contribution is -0.116. The molecule has 1 saturated carbocycles. The molecule has 1 saturated heterocycles. The molecule has 3 aromatic rings. The van der Waals surface area contributed by atoms with Gasteiger partial charge in [-0.1, -0.05) is 19.1 Å². The highest BCUT2D eigenvalue weighted by molar-refractivity contribution is 7.14. The van der Waals surface area contributed by atoms with Gasteiger partial charge in [0.05, 0.1) is 42.3 Å². The number of benzene rings is 1. The van der Waals surface area contributed by atoms with E-state index in [4.69, 9.17) is 9.47 Å². The summed E-state index contributed by atoms with van der Waals surface area (Å²) in [6.45, 7) is 6.86. The van der Waals surface area contributed by atoms with Crippen molar-refractivity contribution in [2.75, 3.05) is 24.6 Å². The number of carbonyl (C=O) groups excluding carboxylic acids is 2. The summed E-state index contributed by atoms with van der Waals surface area (Å²) in [7, 11) is 0. The van der Waals surface area contributed by atoms with Gasteiger partial charge < -0.3 is 14.4 Å². The second-order valence-electron chi connectivity index (χ2n) is 10.8. The summed E-state index contributed by atoms with van der Waals surface area (Å²) in [6, 6.07) is 11.5. The van der Waals surface area contributed by atoms with Crippen LogP contribution in [0, 0.1) is 12.8 Å². The number of anilines is 1. The lowest BCUT2D eigenvalue weighted by atomic mass is 9.95. The predicted molar refractivity (Wildman–Crippen MR) is 149 cm³/mol. The Balaban J connectivity index is 1.09. The lowest BCUT2D eigenvalue weighted by Crippen LogP contribution is -2.25. The number of pyridine rings is 1. The first kappa shape index (κ1) is 28.1. The molecule has 1 aliphatic carbocycles. The highest BCUT2D eigenvalue weighted by Gasteiger charge is 2.57. The quantitative estimate of drug-likeness (QED) is 0.246. The number of ketones is 2. The van der Waals surface area contributed by atoms with Crippen molar-refractivity contribution in [2.45, 2.75) is 64.4 Å². The molecule has 2 fully saturated rings. The highest BCUT2D eigenvalue weighted by Crippen LogP contribution is 2.48. The van der Waals surface area contributed by atoms with Crippen LogP contribution in [0.15, 0.2) is 42.6 Å². The molecule has 0 radical (unpaired) electrons. The topological polar surface area (TPSA) is 81.6 Å². The van der Waals surface area contributed by atoms with Gasteiger partial charge in [-0.25, -0.2) is 18.7 Å². The van der Waals surface area contributed by atoms with E-state index in [-0.39, 0.29) is 43.0 Å². The van der Waals surface area contributed by atoms with Crippen LogP contribution in [0.1, 0.15) is 65.0 Å². The molecule has 3 atom stereocenters. The number of hydrogen-bond acceptors (Lipinski definition) is 8. The summed E-state index contributed by atoms with van der Waals surface area (Å²) in [4.78, 5) is 35.9. The Kier molecular flexibility index (Phi) is 8.16. The van der Waals surface area contributed by atoms with Gasteiger partial charge in [0, 0.05) is 25.8 Å². The van der Waals surface area contributed by atoms with E-state index in [9.17, 15) is 18.4 Å². The van der Waals surface area contributed by atoms with Crippen molar-refractivity contribution < 1.29 is 27.8 Å². The molecule has 10 heteroatoms. The Morgan fingerprint density at radius 2 is 1.90 bits per heavy atom. The maximum Gasteiger partial charge on any atom is 0.255 e. The van der Waals surface area contributed by atoms with Gasteiger partial charge in [-0.05, 0) is 49.6 Å². The van der Waals surface area contributed by atoms with E-state index in [0.717, 1.165) is 30.1 Å². The Bertz CT molecular complexity index is 1360. The number of halogens is 2. The molecule has 2 aliphatic rings. The number of hydrogen-bond donors (Lipinski definition) is 0. The van der Waals surface area contributed by atoms with Gasteiger partial charge in [0.15, 0.2) is 5.78 Å². The van der Waals surface area contributed by atoms with Crippen molar-refractivity contribution >= 4 is 28.7 Å². The molecule has 0 spiro atoms. The van der Waals surface area contributed by atoms with Crippen LogP contribution in [0.5, 0.6) is 11.5 Å². The van der Waals surface area contributed by atoms with Gasteiger partial charge in [0.2, 0.25) is 0 Å². The fourth-order valence-corrected chi connectivity index (χ4v) is 5.96. The van der Waals surface area contributed by atoms with Crippen LogP contribution < -0.4 is 14.4 Å². The molecule has 5 rings (SSSR count). The van der Waals surface area contributed by atoms with Crippen LogP contribution in [-0.2, 0) is 11.2 Å². The van der Waals surface area contributed by atoms with Gasteiger partial charge in [-0.2, -0.15) is 0 Å². The molecule has 212 valence electrons. The number of ether oxygens (including phenoxy) is 2.